The molecular weight excluding hydrogens is 234 g/mol. The quantitative estimate of drug-likeness (QED) is 0.852. The molecule has 2 nitrogen and oxygen atoms in total. The maximum atomic E-state index is 10.5. The lowest BCUT2D eigenvalue weighted by Crippen LogP contribution is -2.31. The summed E-state index contributed by atoms with van der Waals surface area (Å²) in [5.74, 6) is 0. The summed E-state index contributed by atoms with van der Waals surface area (Å²) in [6.45, 7) is 0.573. The normalized spacial score (nSPS) is 18.8. The summed E-state index contributed by atoms with van der Waals surface area (Å²) in [7, 11) is 0. The van der Waals surface area contributed by atoms with E-state index in [9.17, 15) is 5.11 Å². The predicted molar refractivity (Wildman–Crippen MR) is 80.9 cm³/mol. The van der Waals surface area contributed by atoms with Gasteiger partial charge in [-0.15, -0.1) is 0 Å². The topological polar surface area (TPSA) is 46.2 Å². The average Bonchev–Trinajstić information content (AvgIpc) is 2.44. The van der Waals surface area contributed by atoms with E-state index in [4.69, 9.17) is 5.73 Å². The molecule has 1 saturated carbocycles. The molecule has 0 spiro atoms. The fourth-order valence-corrected chi connectivity index (χ4v) is 2.89. The Kier molecular flexibility index (Phi) is 5.17. The predicted octanol–water partition coefficient (Wildman–Crippen LogP) is 3.29. The molecule has 1 aromatic rings. The van der Waals surface area contributed by atoms with Crippen LogP contribution in [0.25, 0.3) is 6.08 Å². The highest BCUT2D eigenvalue weighted by Crippen LogP contribution is 2.31. The zero-order chi connectivity index (χ0) is 13.6. The van der Waals surface area contributed by atoms with E-state index in [1.165, 1.54) is 30.4 Å². The number of benzene rings is 1. The van der Waals surface area contributed by atoms with E-state index in [1.54, 1.807) is 0 Å². The number of aryl methyl sites for hydroxylation is 1. The Morgan fingerprint density at radius 1 is 1.21 bits per heavy atom. The summed E-state index contributed by atoms with van der Waals surface area (Å²) >= 11 is 0. The van der Waals surface area contributed by atoms with Gasteiger partial charge in [0.1, 0.15) is 0 Å². The minimum Gasteiger partial charge on any atom is -0.390 e. The molecule has 19 heavy (non-hydrogen) atoms. The Balaban J connectivity index is 1.93. The maximum absolute atomic E-state index is 10.5. The first-order valence-electron chi connectivity index (χ1n) is 7.40. The van der Waals surface area contributed by atoms with Crippen LogP contribution in [-0.2, 0) is 6.42 Å². The van der Waals surface area contributed by atoms with Gasteiger partial charge < -0.3 is 10.8 Å². The molecule has 0 bridgehead atoms. The highest BCUT2D eigenvalue weighted by molar-refractivity contribution is 5.50. The van der Waals surface area contributed by atoms with Crippen molar-refractivity contribution in [3.8, 4) is 0 Å². The lowest BCUT2D eigenvalue weighted by atomic mass is 9.81. The van der Waals surface area contributed by atoms with Gasteiger partial charge in [0, 0.05) is 6.54 Å². The van der Waals surface area contributed by atoms with Crippen molar-refractivity contribution in [2.24, 2.45) is 5.73 Å². The van der Waals surface area contributed by atoms with Gasteiger partial charge >= 0.3 is 0 Å². The Morgan fingerprint density at radius 3 is 2.74 bits per heavy atom. The van der Waals surface area contributed by atoms with E-state index in [0.29, 0.717) is 6.54 Å². The average molecular weight is 259 g/mol. The van der Waals surface area contributed by atoms with E-state index in [2.05, 4.69) is 30.3 Å². The minimum absolute atomic E-state index is 0.415. The molecule has 2 rings (SSSR count). The largest absolute Gasteiger partial charge is 0.390 e. The van der Waals surface area contributed by atoms with Crippen LogP contribution in [0.3, 0.4) is 0 Å². The van der Waals surface area contributed by atoms with E-state index < -0.39 is 5.60 Å². The van der Waals surface area contributed by atoms with Gasteiger partial charge in [0.2, 0.25) is 0 Å². The smallest absolute Gasteiger partial charge is 0.0651 e. The van der Waals surface area contributed by atoms with Crippen molar-refractivity contribution in [3.63, 3.8) is 0 Å². The first kappa shape index (κ1) is 14.3. The van der Waals surface area contributed by atoms with Gasteiger partial charge in [-0.3, -0.25) is 0 Å². The molecule has 2 heteroatoms. The third kappa shape index (κ3) is 4.48. The first-order valence-corrected chi connectivity index (χ1v) is 7.40. The van der Waals surface area contributed by atoms with Gasteiger partial charge in [-0.05, 0) is 36.8 Å². The molecule has 104 valence electrons. The fraction of sp³-hybridized carbons (Fsp3) is 0.529. The third-order valence-electron chi connectivity index (χ3n) is 4.06. The number of rotatable bonds is 5. The Bertz CT molecular complexity index is 419. The lowest BCUT2D eigenvalue weighted by Gasteiger charge is -2.32. The van der Waals surface area contributed by atoms with Crippen LogP contribution in [0, 0.1) is 0 Å². The molecule has 0 aliphatic heterocycles. The van der Waals surface area contributed by atoms with Crippen molar-refractivity contribution in [2.75, 3.05) is 6.54 Å². The van der Waals surface area contributed by atoms with Crippen LogP contribution in [-0.4, -0.2) is 17.3 Å². The SMILES string of the molecule is NCC=Cc1cccc(CCC2(O)CCCCC2)c1. The highest BCUT2D eigenvalue weighted by atomic mass is 16.3. The van der Waals surface area contributed by atoms with Gasteiger partial charge in [0.25, 0.3) is 0 Å². The van der Waals surface area contributed by atoms with Gasteiger partial charge in [-0.2, -0.15) is 0 Å². The molecule has 1 aromatic carbocycles. The molecule has 0 saturated heterocycles. The van der Waals surface area contributed by atoms with Crippen LogP contribution in [0.2, 0.25) is 0 Å². The molecule has 1 fully saturated rings. The van der Waals surface area contributed by atoms with Crippen LogP contribution < -0.4 is 5.73 Å². The van der Waals surface area contributed by atoms with Gasteiger partial charge in [-0.25, -0.2) is 0 Å². The Morgan fingerprint density at radius 2 is 2.00 bits per heavy atom. The summed E-state index contributed by atoms with van der Waals surface area (Å²) in [6, 6.07) is 8.51. The molecular formula is C17H25NO. The van der Waals surface area contributed by atoms with E-state index in [-0.39, 0.29) is 0 Å². The zero-order valence-corrected chi connectivity index (χ0v) is 11.6. The summed E-state index contributed by atoms with van der Waals surface area (Å²) in [5.41, 5.74) is 7.55. The standard InChI is InChI=1S/C17H25NO/c18-13-5-8-15-6-4-7-16(14-15)9-12-17(19)10-2-1-3-11-17/h4-8,14,19H,1-3,9-13,18H2. The number of hydrogen-bond acceptors (Lipinski definition) is 2. The second-order valence-corrected chi connectivity index (χ2v) is 5.67. The molecule has 1 aliphatic carbocycles. The van der Waals surface area contributed by atoms with Gasteiger partial charge in [0.15, 0.2) is 0 Å². The number of hydrogen-bond donors (Lipinski definition) is 2. The van der Waals surface area contributed by atoms with Crippen molar-refractivity contribution >= 4 is 6.08 Å². The first-order chi connectivity index (χ1) is 9.22. The van der Waals surface area contributed by atoms with Crippen molar-refractivity contribution in [3.05, 3.63) is 41.5 Å². The van der Waals surface area contributed by atoms with Crippen molar-refractivity contribution in [1.29, 1.82) is 0 Å². The zero-order valence-electron chi connectivity index (χ0n) is 11.6. The number of nitrogens with two attached hydrogens (primary N) is 1. The lowest BCUT2D eigenvalue weighted by molar-refractivity contribution is -0.00341. The van der Waals surface area contributed by atoms with Crippen molar-refractivity contribution < 1.29 is 5.11 Å². The van der Waals surface area contributed by atoms with Crippen molar-refractivity contribution in [1.82, 2.24) is 0 Å². The molecule has 0 amide bonds. The molecule has 0 atom stereocenters. The van der Waals surface area contributed by atoms with Crippen LogP contribution in [0.4, 0.5) is 0 Å². The van der Waals surface area contributed by atoms with Crippen LogP contribution in [0.15, 0.2) is 30.3 Å². The van der Waals surface area contributed by atoms with E-state index in [1.807, 2.05) is 6.08 Å². The van der Waals surface area contributed by atoms with Gasteiger partial charge in [0.05, 0.1) is 5.60 Å². The molecule has 1 aliphatic rings. The third-order valence-corrected chi connectivity index (χ3v) is 4.06. The highest BCUT2D eigenvalue weighted by Gasteiger charge is 2.28. The van der Waals surface area contributed by atoms with Crippen LogP contribution in [0.1, 0.15) is 49.7 Å². The maximum Gasteiger partial charge on any atom is 0.0651 e. The fourth-order valence-electron chi connectivity index (χ4n) is 2.89. The van der Waals surface area contributed by atoms with Crippen LogP contribution >= 0.6 is 0 Å². The Labute approximate surface area is 116 Å². The minimum atomic E-state index is -0.415. The summed E-state index contributed by atoms with van der Waals surface area (Å²) in [5, 5.41) is 10.5. The number of aliphatic hydroxyl groups is 1. The molecule has 0 aromatic heterocycles. The van der Waals surface area contributed by atoms with Gasteiger partial charge in [-0.1, -0.05) is 55.7 Å². The van der Waals surface area contributed by atoms with Crippen LogP contribution in [0.5, 0.6) is 0 Å². The molecule has 3 N–H and O–H groups in total. The molecule has 0 heterocycles. The summed E-state index contributed by atoms with van der Waals surface area (Å²) < 4.78 is 0. The summed E-state index contributed by atoms with van der Waals surface area (Å²) in [4.78, 5) is 0. The molecule has 0 radical (unpaired) electrons. The summed E-state index contributed by atoms with van der Waals surface area (Å²) in [6.07, 6.45) is 11.4. The van der Waals surface area contributed by atoms with E-state index in [0.717, 1.165) is 25.7 Å². The second-order valence-electron chi connectivity index (χ2n) is 5.67. The molecule has 0 unspecified atom stereocenters. The monoisotopic (exact) mass is 259 g/mol. The van der Waals surface area contributed by atoms with Crippen molar-refractivity contribution in [2.45, 2.75) is 50.5 Å². The van der Waals surface area contributed by atoms with E-state index >= 15 is 0 Å². The Hall–Kier alpha value is -1.12. The second kappa shape index (κ2) is 6.88.